The molecule has 0 spiro atoms. The van der Waals surface area contributed by atoms with Crippen molar-refractivity contribution in [3.63, 3.8) is 0 Å². The molecule has 10 nitrogen and oxygen atoms in total. The SMILES string of the molecule is COC(=O)C[C@H](C(=O)N1CCC[C@H]1C1=NC=C(c2ccc(-c3ccc(-c4ccc5c(c4)CC([C@@H]4CC6CC6N4C(=O)[C@@H](CC(=O)OC)C(C)C)=N5)c4c3C3CCC3C4)cc2)C1)C(C)C. The number of hydrogen-bond donors (Lipinski definition) is 0. The molecule has 3 aromatic carbocycles. The molecule has 4 heterocycles. The zero-order valence-corrected chi connectivity index (χ0v) is 38.3. The van der Waals surface area contributed by atoms with Gasteiger partial charge in [-0.1, -0.05) is 70.2 Å². The molecule has 2 amide bonds. The average molecular weight is 863 g/mol. The van der Waals surface area contributed by atoms with Crippen molar-refractivity contribution in [3.05, 3.63) is 83.1 Å². The van der Waals surface area contributed by atoms with Crippen molar-refractivity contribution < 1.29 is 28.7 Å². The molecule has 2 saturated carbocycles. The number of ether oxygens (including phenoxy) is 2. The van der Waals surface area contributed by atoms with Crippen molar-refractivity contribution in [1.29, 1.82) is 0 Å². The Morgan fingerprint density at radius 1 is 0.719 bits per heavy atom. The third-order valence-corrected chi connectivity index (χ3v) is 16.1. The first-order valence-corrected chi connectivity index (χ1v) is 23.9. The molecule has 0 bridgehead atoms. The van der Waals surface area contributed by atoms with E-state index < -0.39 is 11.8 Å². The number of rotatable bonds is 13. The minimum Gasteiger partial charge on any atom is -0.469 e. The third kappa shape index (κ3) is 7.52. The number of carbonyl (C=O) groups excluding carboxylic acids is 4. The highest BCUT2D eigenvalue weighted by Gasteiger charge is 2.56. The highest BCUT2D eigenvalue weighted by Crippen LogP contribution is 2.56. The topological polar surface area (TPSA) is 118 Å². The van der Waals surface area contributed by atoms with Gasteiger partial charge < -0.3 is 19.3 Å². The van der Waals surface area contributed by atoms with Crippen LogP contribution in [0, 0.1) is 35.5 Å². The predicted octanol–water partition coefficient (Wildman–Crippen LogP) is 9.54. The fourth-order valence-corrected chi connectivity index (χ4v) is 12.2. The summed E-state index contributed by atoms with van der Waals surface area (Å²) in [5.41, 5.74) is 14.8. The van der Waals surface area contributed by atoms with E-state index in [1.807, 2.05) is 38.8 Å². The minimum absolute atomic E-state index is 0.0208. The van der Waals surface area contributed by atoms with E-state index in [1.165, 1.54) is 71.6 Å². The molecular formula is C54H62N4O6. The maximum atomic E-state index is 14.1. The van der Waals surface area contributed by atoms with Gasteiger partial charge in [0.25, 0.3) is 0 Å². The largest absolute Gasteiger partial charge is 0.469 e. The van der Waals surface area contributed by atoms with Gasteiger partial charge in [-0.05, 0) is 137 Å². The quantitative estimate of drug-likeness (QED) is 0.158. The molecule has 64 heavy (non-hydrogen) atoms. The van der Waals surface area contributed by atoms with Crippen LogP contribution < -0.4 is 0 Å². The first kappa shape index (κ1) is 42.6. The van der Waals surface area contributed by atoms with Crippen LogP contribution in [0.25, 0.3) is 27.8 Å². The number of nitrogens with zero attached hydrogens (tertiary/aromatic N) is 4. The lowest BCUT2D eigenvalue weighted by atomic mass is 9.73. The zero-order valence-electron chi connectivity index (χ0n) is 38.3. The predicted molar refractivity (Wildman–Crippen MR) is 249 cm³/mol. The van der Waals surface area contributed by atoms with Gasteiger partial charge in [0.15, 0.2) is 0 Å². The van der Waals surface area contributed by atoms with Crippen LogP contribution >= 0.6 is 0 Å². The molecule has 7 aliphatic rings. The van der Waals surface area contributed by atoms with Gasteiger partial charge in [-0.15, -0.1) is 0 Å². The molecular weight excluding hydrogens is 801 g/mol. The standard InChI is InChI=1S/C54H62N4O6/c1-29(2)41(26-50(59)63-5)53(61)57-19-7-8-47(57)45-23-37(28-55-45)31-9-11-32(12-10-31)39-17-16-38(43-21-34-13-15-40(34)52(39)43)33-14-18-44-35(20-33)22-46(56-44)49-25-36-24-48(36)58(49)54(62)42(30(3)4)27-51(60)64-6/h9-12,14,16-18,20,28-30,34,36,40-42,47-49H,7-8,13,15,19,21-27H2,1-6H3/t34?,36?,40?,41-,42-,47-,48?,49-/m0/s1. The second kappa shape index (κ2) is 16.9. The Balaban J connectivity index is 0.841. The number of esters is 2. The summed E-state index contributed by atoms with van der Waals surface area (Å²) in [6.45, 7) is 8.73. The van der Waals surface area contributed by atoms with Crippen LogP contribution in [0.1, 0.15) is 114 Å². The van der Waals surface area contributed by atoms with Crippen LogP contribution in [0.2, 0.25) is 0 Å². The Hall–Kier alpha value is -5.38. The summed E-state index contributed by atoms with van der Waals surface area (Å²) in [4.78, 5) is 66.5. The van der Waals surface area contributed by atoms with Gasteiger partial charge in [-0.3, -0.25) is 29.2 Å². The average Bonchev–Trinajstić information content (AvgIpc) is 3.87. The normalized spacial score (nSPS) is 25.8. The van der Waals surface area contributed by atoms with Gasteiger partial charge >= 0.3 is 11.9 Å². The zero-order chi connectivity index (χ0) is 44.6. The summed E-state index contributed by atoms with van der Waals surface area (Å²) < 4.78 is 9.90. The number of likely N-dealkylation sites (tertiary alicyclic amines) is 2. The molecule has 4 unspecified atom stereocenters. The van der Waals surface area contributed by atoms with Gasteiger partial charge in [0.2, 0.25) is 11.8 Å². The number of aliphatic imine (C=N–C) groups is 2. The van der Waals surface area contributed by atoms with Crippen molar-refractivity contribution in [2.45, 2.75) is 122 Å². The lowest BCUT2D eigenvalue weighted by Crippen LogP contribution is -2.47. The number of allylic oxidation sites excluding steroid dienone is 1. The van der Waals surface area contributed by atoms with E-state index in [2.05, 4.69) is 59.5 Å². The lowest BCUT2D eigenvalue weighted by molar-refractivity contribution is -0.148. The first-order valence-electron chi connectivity index (χ1n) is 23.9. The summed E-state index contributed by atoms with van der Waals surface area (Å²) in [6.07, 6.45) is 11.1. The van der Waals surface area contributed by atoms with Gasteiger partial charge in [0.05, 0.1) is 56.7 Å². The Morgan fingerprint density at radius 2 is 1.41 bits per heavy atom. The molecule has 4 fully saturated rings. The van der Waals surface area contributed by atoms with E-state index in [-0.39, 0.29) is 66.6 Å². The second-order valence-corrected chi connectivity index (χ2v) is 20.4. The van der Waals surface area contributed by atoms with E-state index in [0.29, 0.717) is 30.7 Å². The molecule has 0 N–H and O–H groups in total. The van der Waals surface area contributed by atoms with Crippen LogP contribution in [-0.2, 0) is 41.5 Å². The van der Waals surface area contributed by atoms with Crippen molar-refractivity contribution >= 4 is 46.4 Å². The van der Waals surface area contributed by atoms with Crippen LogP contribution in [0.4, 0.5) is 5.69 Å². The van der Waals surface area contributed by atoms with E-state index in [4.69, 9.17) is 19.5 Å². The van der Waals surface area contributed by atoms with Crippen LogP contribution in [0.3, 0.4) is 0 Å². The van der Waals surface area contributed by atoms with Crippen molar-refractivity contribution in [1.82, 2.24) is 9.80 Å². The van der Waals surface area contributed by atoms with Crippen LogP contribution in [-0.4, -0.2) is 83.9 Å². The molecule has 3 aromatic rings. The Bertz CT molecular complexity index is 2500. The fraction of sp³-hybridized carbons (Fsp3) is 0.519. The Labute approximate surface area is 377 Å². The molecule has 4 aliphatic heterocycles. The second-order valence-electron chi connectivity index (χ2n) is 20.4. The van der Waals surface area contributed by atoms with Crippen LogP contribution in [0.15, 0.2) is 70.8 Å². The minimum atomic E-state index is -0.402. The highest BCUT2D eigenvalue weighted by atomic mass is 16.5. The Morgan fingerprint density at radius 3 is 2.09 bits per heavy atom. The van der Waals surface area contributed by atoms with Gasteiger partial charge in [-0.25, -0.2) is 0 Å². The molecule has 8 atom stereocenters. The highest BCUT2D eigenvalue weighted by molar-refractivity contribution is 6.04. The summed E-state index contributed by atoms with van der Waals surface area (Å²) in [7, 11) is 2.77. The first-order chi connectivity index (χ1) is 30.9. The smallest absolute Gasteiger partial charge is 0.306 e. The molecule has 10 heteroatoms. The number of hydrogen-bond acceptors (Lipinski definition) is 8. The van der Waals surface area contributed by atoms with Gasteiger partial charge in [-0.2, -0.15) is 0 Å². The fourth-order valence-electron chi connectivity index (χ4n) is 12.2. The molecule has 0 aromatic heterocycles. The molecule has 10 rings (SSSR count). The summed E-state index contributed by atoms with van der Waals surface area (Å²) in [5, 5.41) is 0. The third-order valence-electron chi connectivity index (χ3n) is 16.1. The molecule has 3 aliphatic carbocycles. The number of benzene rings is 3. The van der Waals surface area contributed by atoms with Crippen molar-refractivity contribution in [2.75, 3.05) is 20.8 Å². The number of amides is 2. The number of carbonyl (C=O) groups is 4. The van der Waals surface area contributed by atoms with Gasteiger partial charge in [0, 0.05) is 43.1 Å². The molecule has 0 radical (unpaired) electrons. The van der Waals surface area contributed by atoms with E-state index >= 15 is 0 Å². The van der Waals surface area contributed by atoms with E-state index in [0.717, 1.165) is 61.2 Å². The van der Waals surface area contributed by atoms with E-state index in [1.54, 1.807) is 0 Å². The monoisotopic (exact) mass is 862 g/mol. The lowest BCUT2D eigenvalue weighted by Gasteiger charge is -2.32. The molecule has 2 saturated heterocycles. The Kier molecular flexibility index (Phi) is 11.2. The number of fused-ring (bicyclic) bond motifs is 5. The van der Waals surface area contributed by atoms with Crippen LogP contribution in [0.5, 0.6) is 0 Å². The number of piperidine rings is 1. The summed E-state index contributed by atoms with van der Waals surface area (Å²) in [5.74, 6) is 0.508. The van der Waals surface area contributed by atoms with Crippen molar-refractivity contribution in [2.24, 2.45) is 45.5 Å². The number of methoxy groups -OCH3 is 2. The van der Waals surface area contributed by atoms with Gasteiger partial charge in [0.1, 0.15) is 0 Å². The summed E-state index contributed by atoms with van der Waals surface area (Å²) >= 11 is 0. The maximum Gasteiger partial charge on any atom is 0.306 e. The summed E-state index contributed by atoms with van der Waals surface area (Å²) in [6, 6.07) is 20.7. The van der Waals surface area contributed by atoms with Crippen molar-refractivity contribution in [3.8, 4) is 22.3 Å². The maximum absolute atomic E-state index is 14.1. The molecule has 334 valence electrons. The van der Waals surface area contributed by atoms with E-state index in [9.17, 15) is 19.2 Å².